The summed E-state index contributed by atoms with van der Waals surface area (Å²) in [6.07, 6.45) is -3.52. The highest BCUT2D eigenvalue weighted by Crippen LogP contribution is 2.44. The summed E-state index contributed by atoms with van der Waals surface area (Å²) in [6, 6.07) is 7.63. The summed E-state index contributed by atoms with van der Waals surface area (Å²) in [5.41, 5.74) is -3.10. The van der Waals surface area contributed by atoms with Gasteiger partial charge in [-0.05, 0) is 24.3 Å². The monoisotopic (exact) mass is 370 g/mol. The first-order valence-electron chi connectivity index (χ1n) is 8.67. The highest BCUT2D eigenvalue weighted by molar-refractivity contribution is 5.93. The van der Waals surface area contributed by atoms with E-state index < -0.39 is 30.3 Å². The Morgan fingerprint density at radius 2 is 1.81 bits per heavy atom. The molecule has 1 aliphatic heterocycles. The number of rotatable bonds is 3. The molecule has 1 aliphatic carbocycles. The fourth-order valence-electron chi connectivity index (χ4n) is 3.58. The minimum absolute atomic E-state index is 0.0363. The Morgan fingerprint density at radius 1 is 1.19 bits per heavy atom. The predicted molar refractivity (Wildman–Crippen MR) is 87.9 cm³/mol. The average Bonchev–Trinajstić information content (AvgIpc) is 3.01. The average molecular weight is 370 g/mol. The summed E-state index contributed by atoms with van der Waals surface area (Å²) in [5, 5.41) is 24.4. The Hall–Kier alpha value is -1.93. The molecule has 2 aliphatic rings. The van der Waals surface area contributed by atoms with E-state index in [1.165, 1.54) is 12.1 Å². The summed E-state index contributed by atoms with van der Waals surface area (Å²) in [6.45, 7) is 0. The lowest BCUT2D eigenvalue weighted by Gasteiger charge is -2.33. The zero-order valence-corrected chi connectivity index (χ0v) is 14.1. The predicted octanol–water partition coefficient (Wildman–Crippen LogP) is 3.14. The molecule has 0 spiro atoms. The van der Waals surface area contributed by atoms with Gasteiger partial charge in [0.15, 0.2) is 6.10 Å². The Kier molecular flexibility index (Phi) is 5.07. The third kappa shape index (κ3) is 3.35. The molecule has 5 nitrogen and oxygen atoms in total. The van der Waals surface area contributed by atoms with Crippen molar-refractivity contribution in [2.24, 2.45) is 11.0 Å². The number of benzene rings is 1. The molecule has 1 heterocycles. The number of hydrogen-bond acceptors (Lipinski definition) is 4. The molecule has 0 radical (unpaired) electrons. The van der Waals surface area contributed by atoms with Gasteiger partial charge in [-0.25, -0.2) is 0 Å². The third-order valence-corrected chi connectivity index (χ3v) is 5.09. The van der Waals surface area contributed by atoms with Crippen molar-refractivity contribution < 1.29 is 28.2 Å². The van der Waals surface area contributed by atoms with Crippen LogP contribution in [0.15, 0.2) is 35.4 Å². The number of halogens is 3. The van der Waals surface area contributed by atoms with Gasteiger partial charge in [-0.1, -0.05) is 49.6 Å². The van der Waals surface area contributed by atoms with Crippen molar-refractivity contribution in [3.05, 3.63) is 35.9 Å². The number of nitrogens with zero attached hydrogens (tertiary/aromatic N) is 2. The molecule has 1 amide bonds. The van der Waals surface area contributed by atoms with E-state index >= 15 is 0 Å². The number of alkyl halides is 3. The number of hydrazone groups is 1. The van der Waals surface area contributed by atoms with Gasteiger partial charge < -0.3 is 10.2 Å². The van der Waals surface area contributed by atoms with E-state index in [2.05, 4.69) is 5.10 Å². The largest absolute Gasteiger partial charge is 0.438 e. The van der Waals surface area contributed by atoms with E-state index in [1.54, 1.807) is 18.2 Å². The van der Waals surface area contributed by atoms with E-state index in [0.717, 1.165) is 19.3 Å². The molecule has 142 valence electrons. The molecule has 8 heteroatoms. The van der Waals surface area contributed by atoms with Crippen molar-refractivity contribution in [1.29, 1.82) is 0 Å². The number of aliphatic hydroxyl groups is 2. The lowest BCUT2D eigenvalue weighted by Crippen LogP contribution is -2.57. The first-order chi connectivity index (χ1) is 12.2. The first kappa shape index (κ1) is 18.8. The van der Waals surface area contributed by atoms with Crippen molar-refractivity contribution >= 4 is 11.6 Å². The number of carbonyl (C=O) groups is 1. The number of aliphatic hydroxyl groups excluding tert-OH is 1. The molecule has 2 N–H and O–H groups in total. The summed E-state index contributed by atoms with van der Waals surface area (Å²) < 4.78 is 40.7. The van der Waals surface area contributed by atoms with Crippen LogP contribution < -0.4 is 0 Å². The standard InChI is InChI=1S/C18H21F3N2O3/c19-18(20,21)17(26)11-14(12-7-3-1-4-8-12)22-23(17)16(25)15(24)13-9-5-2-6-10-13/h2,5-6,9-10,12,15,24,26H,1,3-4,7-8,11H2. The Balaban J connectivity index is 1.91. The SMILES string of the molecule is O=C(C(O)c1ccccc1)N1N=C(C2CCCCC2)CC1(O)C(F)(F)F. The second-order valence-electron chi connectivity index (χ2n) is 6.88. The molecule has 2 unspecified atom stereocenters. The van der Waals surface area contributed by atoms with Gasteiger partial charge in [-0.3, -0.25) is 4.79 Å². The molecular weight excluding hydrogens is 349 g/mol. The lowest BCUT2D eigenvalue weighted by atomic mass is 9.83. The molecular formula is C18H21F3N2O3. The molecule has 26 heavy (non-hydrogen) atoms. The molecule has 1 aromatic rings. The molecule has 3 rings (SSSR count). The molecule has 1 fully saturated rings. The van der Waals surface area contributed by atoms with Gasteiger partial charge in [-0.15, -0.1) is 0 Å². The van der Waals surface area contributed by atoms with Crippen LogP contribution in [0.3, 0.4) is 0 Å². The topological polar surface area (TPSA) is 73.1 Å². The second-order valence-corrected chi connectivity index (χ2v) is 6.88. The molecule has 0 bridgehead atoms. The smallest absolute Gasteiger partial charge is 0.378 e. The van der Waals surface area contributed by atoms with Gasteiger partial charge in [-0.2, -0.15) is 23.3 Å². The highest BCUT2D eigenvalue weighted by Gasteiger charge is 2.64. The summed E-state index contributed by atoms with van der Waals surface area (Å²) in [5.74, 6) is -1.47. The van der Waals surface area contributed by atoms with Crippen LogP contribution in [0.1, 0.15) is 50.2 Å². The molecule has 1 saturated carbocycles. The van der Waals surface area contributed by atoms with Crippen LogP contribution in [0.5, 0.6) is 0 Å². The van der Waals surface area contributed by atoms with Gasteiger partial charge in [0.1, 0.15) is 0 Å². The van der Waals surface area contributed by atoms with E-state index in [4.69, 9.17) is 0 Å². The summed E-state index contributed by atoms with van der Waals surface area (Å²) in [4.78, 5) is 12.5. The maximum absolute atomic E-state index is 13.6. The molecule has 0 saturated heterocycles. The van der Waals surface area contributed by atoms with Crippen LogP contribution >= 0.6 is 0 Å². The maximum atomic E-state index is 13.6. The minimum atomic E-state index is -5.08. The first-order valence-corrected chi connectivity index (χ1v) is 8.67. The fourth-order valence-corrected chi connectivity index (χ4v) is 3.58. The third-order valence-electron chi connectivity index (χ3n) is 5.09. The number of carbonyl (C=O) groups excluding carboxylic acids is 1. The van der Waals surface area contributed by atoms with Gasteiger partial charge >= 0.3 is 6.18 Å². The van der Waals surface area contributed by atoms with E-state index in [1.807, 2.05) is 0 Å². The fraction of sp³-hybridized carbons (Fsp3) is 0.556. The lowest BCUT2D eigenvalue weighted by molar-refractivity contribution is -0.303. The molecule has 2 atom stereocenters. The van der Waals surface area contributed by atoms with Crippen LogP contribution in [0.4, 0.5) is 13.2 Å². The Bertz CT molecular complexity index is 687. The van der Waals surface area contributed by atoms with Crippen LogP contribution in [-0.2, 0) is 4.79 Å². The minimum Gasteiger partial charge on any atom is -0.378 e. The van der Waals surface area contributed by atoms with E-state index in [9.17, 15) is 28.2 Å². The zero-order valence-electron chi connectivity index (χ0n) is 14.1. The number of hydrogen-bond donors (Lipinski definition) is 2. The van der Waals surface area contributed by atoms with E-state index in [-0.39, 0.29) is 22.2 Å². The van der Waals surface area contributed by atoms with Crippen molar-refractivity contribution in [2.75, 3.05) is 0 Å². The molecule has 0 aromatic heterocycles. The van der Waals surface area contributed by atoms with Crippen LogP contribution in [0.25, 0.3) is 0 Å². The Labute approximate surface area is 149 Å². The number of amides is 1. The van der Waals surface area contributed by atoms with Gasteiger partial charge in [0.2, 0.25) is 0 Å². The normalized spacial score (nSPS) is 25.9. The summed E-state index contributed by atoms with van der Waals surface area (Å²) in [7, 11) is 0. The Morgan fingerprint density at radius 3 is 2.38 bits per heavy atom. The zero-order chi connectivity index (χ0) is 18.9. The summed E-state index contributed by atoms with van der Waals surface area (Å²) >= 11 is 0. The van der Waals surface area contributed by atoms with Crippen molar-refractivity contribution in [2.45, 2.75) is 56.5 Å². The maximum Gasteiger partial charge on any atom is 0.438 e. The van der Waals surface area contributed by atoms with Gasteiger partial charge in [0, 0.05) is 12.1 Å². The van der Waals surface area contributed by atoms with Crippen molar-refractivity contribution in [3.8, 4) is 0 Å². The molecule has 1 aromatic carbocycles. The highest BCUT2D eigenvalue weighted by atomic mass is 19.4. The van der Waals surface area contributed by atoms with Gasteiger partial charge in [0.05, 0.1) is 0 Å². The van der Waals surface area contributed by atoms with Crippen LogP contribution in [-0.4, -0.2) is 38.7 Å². The van der Waals surface area contributed by atoms with Gasteiger partial charge in [0.25, 0.3) is 11.6 Å². The quantitative estimate of drug-likeness (QED) is 0.859. The second kappa shape index (κ2) is 7.00. The van der Waals surface area contributed by atoms with Crippen molar-refractivity contribution in [3.63, 3.8) is 0 Å². The van der Waals surface area contributed by atoms with Crippen LogP contribution in [0, 0.1) is 5.92 Å². The van der Waals surface area contributed by atoms with Crippen LogP contribution in [0.2, 0.25) is 0 Å². The van der Waals surface area contributed by atoms with E-state index in [0.29, 0.717) is 12.8 Å². The van der Waals surface area contributed by atoms with Crippen molar-refractivity contribution in [1.82, 2.24) is 5.01 Å².